The first kappa shape index (κ1) is 13.7. The minimum Gasteiger partial charge on any atom is -0.289 e. The Morgan fingerprint density at radius 2 is 1.55 bits per heavy atom. The number of ketones is 3. The third kappa shape index (κ3) is 2.15. The van der Waals surface area contributed by atoms with E-state index in [2.05, 4.69) is 0 Å². The van der Waals surface area contributed by atoms with Crippen LogP contribution < -0.4 is 0 Å². The highest BCUT2D eigenvalue weighted by atomic mass is 16.2. The number of hydrogen-bond donors (Lipinski definition) is 0. The quantitative estimate of drug-likeness (QED) is 0.628. The molecule has 0 bridgehead atoms. The lowest BCUT2D eigenvalue weighted by atomic mass is 9.86. The Labute approximate surface area is 126 Å². The van der Waals surface area contributed by atoms with Crippen molar-refractivity contribution in [3.8, 4) is 6.07 Å². The van der Waals surface area contributed by atoms with Gasteiger partial charge in [-0.1, -0.05) is 24.3 Å². The first-order valence-corrected chi connectivity index (χ1v) is 6.56. The van der Waals surface area contributed by atoms with E-state index in [1.54, 1.807) is 18.2 Å². The number of fused-ring (bicyclic) bond motifs is 1. The lowest BCUT2D eigenvalue weighted by Gasteiger charge is -2.14. The standard InChI is InChI=1S/C18H9NO3/c19-10-11-5-7-12(8-6-11)17(21)15-9-16(20)13-3-1-2-4-14(13)18(15)22/h1-9H. The van der Waals surface area contributed by atoms with E-state index in [-0.39, 0.29) is 22.5 Å². The van der Waals surface area contributed by atoms with Crippen molar-refractivity contribution in [1.29, 1.82) is 5.26 Å². The Bertz CT molecular complexity index is 883. The predicted molar refractivity (Wildman–Crippen MR) is 78.7 cm³/mol. The molecule has 0 saturated carbocycles. The summed E-state index contributed by atoms with van der Waals surface area (Å²) in [6.07, 6.45) is 1.09. The van der Waals surface area contributed by atoms with Gasteiger partial charge in [0.1, 0.15) is 0 Å². The fourth-order valence-electron chi connectivity index (χ4n) is 2.34. The third-order valence-corrected chi connectivity index (χ3v) is 3.48. The third-order valence-electron chi connectivity index (χ3n) is 3.48. The zero-order valence-electron chi connectivity index (χ0n) is 11.4. The summed E-state index contributed by atoms with van der Waals surface area (Å²) >= 11 is 0. The number of carbonyl (C=O) groups is 3. The number of allylic oxidation sites excluding steroid dienone is 2. The van der Waals surface area contributed by atoms with Gasteiger partial charge in [-0.05, 0) is 24.3 Å². The van der Waals surface area contributed by atoms with Gasteiger partial charge in [0, 0.05) is 22.8 Å². The molecule has 0 heterocycles. The summed E-state index contributed by atoms with van der Waals surface area (Å²) in [7, 11) is 0. The van der Waals surface area contributed by atoms with Crippen LogP contribution in [0, 0.1) is 11.3 Å². The molecule has 22 heavy (non-hydrogen) atoms. The van der Waals surface area contributed by atoms with Crippen molar-refractivity contribution in [1.82, 2.24) is 0 Å². The summed E-state index contributed by atoms with van der Waals surface area (Å²) in [5.41, 5.74) is 1.09. The molecule has 1 aliphatic carbocycles. The zero-order valence-corrected chi connectivity index (χ0v) is 11.4. The van der Waals surface area contributed by atoms with Gasteiger partial charge >= 0.3 is 0 Å². The maximum atomic E-state index is 12.4. The average molecular weight is 287 g/mol. The molecule has 0 fully saturated rings. The van der Waals surface area contributed by atoms with Gasteiger partial charge in [0.15, 0.2) is 17.3 Å². The van der Waals surface area contributed by atoms with Gasteiger partial charge in [-0.15, -0.1) is 0 Å². The molecule has 0 saturated heterocycles. The highest BCUT2D eigenvalue weighted by Gasteiger charge is 2.29. The highest BCUT2D eigenvalue weighted by molar-refractivity contribution is 6.37. The summed E-state index contributed by atoms with van der Waals surface area (Å²) in [6, 6.07) is 14.3. The van der Waals surface area contributed by atoms with Crippen LogP contribution in [-0.4, -0.2) is 17.3 Å². The fourth-order valence-corrected chi connectivity index (χ4v) is 2.34. The SMILES string of the molecule is N#Cc1ccc(C(=O)C2=CC(=O)c3ccccc3C2=O)cc1. The van der Waals surface area contributed by atoms with Crippen LogP contribution in [0.25, 0.3) is 0 Å². The molecule has 0 N–H and O–H groups in total. The summed E-state index contributed by atoms with van der Waals surface area (Å²) in [5, 5.41) is 8.76. The van der Waals surface area contributed by atoms with E-state index in [0.29, 0.717) is 11.1 Å². The minimum absolute atomic E-state index is 0.145. The van der Waals surface area contributed by atoms with E-state index < -0.39 is 11.6 Å². The van der Waals surface area contributed by atoms with Crippen LogP contribution in [0.15, 0.2) is 60.2 Å². The number of nitrogens with zero attached hydrogens (tertiary/aromatic N) is 1. The second kappa shape index (κ2) is 5.23. The second-order valence-electron chi connectivity index (χ2n) is 4.82. The van der Waals surface area contributed by atoms with E-state index in [0.717, 1.165) is 6.08 Å². The van der Waals surface area contributed by atoms with E-state index >= 15 is 0 Å². The normalized spacial score (nSPS) is 13.1. The molecule has 0 spiro atoms. The summed E-state index contributed by atoms with van der Waals surface area (Å²) in [6.45, 7) is 0. The van der Waals surface area contributed by atoms with E-state index in [9.17, 15) is 14.4 Å². The summed E-state index contributed by atoms with van der Waals surface area (Å²) in [5.74, 6) is -1.32. The van der Waals surface area contributed by atoms with Crippen LogP contribution in [-0.2, 0) is 0 Å². The van der Waals surface area contributed by atoms with Gasteiger partial charge in [-0.3, -0.25) is 14.4 Å². The van der Waals surface area contributed by atoms with Crippen LogP contribution in [0.5, 0.6) is 0 Å². The summed E-state index contributed by atoms with van der Waals surface area (Å²) < 4.78 is 0. The van der Waals surface area contributed by atoms with Gasteiger partial charge in [-0.25, -0.2) is 0 Å². The molecule has 4 heteroatoms. The zero-order chi connectivity index (χ0) is 15.7. The molecule has 0 aromatic heterocycles. The molecule has 0 radical (unpaired) electrons. The van der Waals surface area contributed by atoms with Crippen LogP contribution >= 0.6 is 0 Å². The number of nitriles is 1. The fraction of sp³-hybridized carbons (Fsp3) is 0. The van der Waals surface area contributed by atoms with Crippen molar-refractivity contribution < 1.29 is 14.4 Å². The highest BCUT2D eigenvalue weighted by Crippen LogP contribution is 2.23. The Morgan fingerprint density at radius 3 is 2.18 bits per heavy atom. The monoisotopic (exact) mass is 287 g/mol. The van der Waals surface area contributed by atoms with Crippen LogP contribution in [0.1, 0.15) is 36.6 Å². The number of hydrogen-bond acceptors (Lipinski definition) is 4. The number of benzene rings is 2. The van der Waals surface area contributed by atoms with Crippen molar-refractivity contribution in [3.63, 3.8) is 0 Å². The molecule has 0 unspecified atom stereocenters. The van der Waals surface area contributed by atoms with E-state index in [1.807, 2.05) is 6.07 Å². The number of rotatable bonds is 2. The van der Waals surface area contributed by atoms with Gasteiger partial charge in [0.05, 0.1) is 17.2 Å². The molecule has 104 valence electrons. The average Bonchev–Trinajstić information content (AvgIpc) is 2.57. The van der Waals surface area contributed by atoms with E-state index in [4.69, 9.17) is 5.26 Å². The topological polar surface area (TPSA) is 75.0 Å². The molecule has 2 aromatic carbocycles. The maximum absolute atomic E-state index is 12.4. The molecule has 3 rings (SSSR count). The largest absolute Gasteiger partial charge is 0.289 e. The molecule has 0 aliphatic heterocycles. The van der Waals surface area contributed by atoms with Crippen molar-refractivity contribution >= 4 is 17.3 Å². The molecule has 1 aliphatic rings. The Balaban J connectivity index is 2.02. The second-order valence-corrected chi connectivity index (χ2v) is 4.82. The van der Waals surface area contributed by atoms with Crippen molar-refractivity contribution in [2.24, 2.45) is 0 Å². The van der Waals surface area contributed by atoms with Gasteiger partial charge in [0.25, 0.3) is 0 Å². The molecule has 0 atom stereocenters. The number of carbonyl (C=O) groups excluding carboxylic acids is 3. The van der Waals surface area contributed by atoms with Crippen LogP contribution in [0.3, 0.4) is 0 Å². The molecular formula is C18H9NO3. The Hall–Kier alpha value is -3.32. The smallest absolute Gasteiger partial charge is 0.197 e. The lowest BCUT2D eigenvalue weighted by molar-refractivity contribution is 0.0934. The molecule has 0 amide bonds. The van der Waals surface area contributed by atoms with Gasteiger partial charge in [0.2, 0.25) is 0 Å². The predicted octanol–water partition coefficient (Wildman–Crippen LogP) is 2.75. The molecule has 4 nitrogen and oxygen atoms in total. The van der Waals surface area contributed by atoms with Gasteiger partial charge in [-0.2, -0.15) is 5.26 Å². The number of Topliss-reactive ketones (excluding diaryl/α,β-unsaturated/α-hetero) is 2. The first-order valence-electron chi connectivity index (χ1n) is 6.56. The maximum Gasteiger partial charge on any atom is 0.197 e. The summed E-state index contributed by atoms with van der Waals surface area (Å²) in [4.78, 5) is 36.9. The first-order chi connectivity index (χ1) is 10.6. The van der Waals surface area contributed by atoms with Gasteiger partial charge < -0.3 is 0 Å². The van der Waals surface area contributed by atoms with Crippen molar-refractivity contribution in [2.75, 3.05) is 0 Å². The van der Waals surface area contributed by atoms with Crippen molar-refractivity contribution in [3.05, 3.63) is 82.4 Å². The minimum atomic E-state index is -0.516. The van der Waals surface area contributed by atoms with Crippen LogP contribution in [0.2, 0.25) is 0 Å². The molecular weight excluding hydrogens is 278 g/mol. The Morgan fingerprint density at radius 1 is 0.909 bits per heavy atom. The van der Waals surface area contributed by atoms with Crippen molar-refractivity contribution in [2.45, 2.75) is 0 Å². The Kier molecular flexibility index (Phi) is 3.24. The molecule has 2 aromatic rings. The van der Waals surface area contributed by atoms with E-state index in [1.165, 1.54) is 30.3 Å². The van der Waals surface area contributed by atoms with Crippen LogP contribution in [0.4, 0.5) is 0 Å². The lowest BCUT2D eigenvalue weighted by Crippen LogP contribution is -2.22.